The van der Waals surface area contributed by atoms with Gasteiger partial charge < -0.3 is 25.0 Å². The second-order valence-corrected chi connectivity index (χ2v) is 5.79. The molecule has 2 N–H and O–H groups in total. The molecule has 128 valence electrons. The third-order valence-electron chi connectivity index (χ3n) is 3.56. The number of carbonyl (C=O) groups excluding carboxylic acids is 1. The molecule has 2 amide bonds. The first-order valence-electron chi connectivity index (χ1n) is 7.98. The van der Waals surface area contributed by atoms with Crippen molar-refractivity contribution >= 4 is 17.5 Å². The zero-order valence-corrected chi connectivity index (χ0v) is 14.0. The molecule has 2 rings (SSSR count). The number of carbonyl (C=O) groups is 1. The Kier molecular flexibility index (Phi) is 6.61. The minimum atomic E-state index is -0.232. The van der Waals surface area contributed by atoms with Crippen LogP contribution < -0.4 is 15.5 Å². The highest BCUT2D eigenvalue weighted by atomic mass is 16.5. The average molecular weight is 322 g/mol. The van der Waals surface area contributed by atoms with E-state index in [4.69, 9.17) is 9.47 Å². The van der Waals surface area contributed by atoms with E-state index in [1.165, 1.54) is 0 Å². The highest BCUT2D eigenvalue weighted by Crippen LogP contribution is 2.19. The number of pyridine rings is 1. The second-order valence-electron chi connectivity index (χ2n) is 5.79. The molecule has 2 atom stereocenters. The number of aromatic nitrogens is 1. The molecule has 1 aliphatic heterocycles. The summed E-state index contributed by atoms with van der Waals surface area (Å²) in [5.74, 6) is 0.901. The van der Waals surface area contributed by atoms with E-state index in [-0.39, 0.29) is 18.2 Å². The minimum absolute atomic E-state index is 0.191. The number of hydrogen-bond donors (Lipinski definition) is 2. The van der Waals surface area contributed by atoms with E-state index in [0.29, 0.717) is 18.8 Å². The molecule has 1 aromatic heterocycles. The summed E-state index contributed by atoms with van der Waals surface area (Å²) in [6, 6.07) is 3.55. The van der Waals surface area contributed by atoms with Crippen LogP contribution in [0.2, 0.25) is 0 Å². The van der Waals surface area contributed by atoms with Gasteiger partial charge in [-0.2, -0.15) is 0 Å². The normalized spacial score (nSPS) is 21.1. The maximum absolute atomic E-state index is 11.7. The van der Waals surface area contributed by atoms with Crippen molar-refractivity contribution in [2.45, 2.75) is 32.5 Å². The fraction of sp³-hybridized carbons (Fsp3) is 0.625. The van der Waals surface area contributed by atoms with Gasteiger partial charge in [0.25, 0.3) is 0 Å². The van der Waals surface area contributed by atoms with Crippen molar-refractivity contribution in [2.24, 2.45) is 0 Å². The first-order valence-corrected chi connectivity index (χ1v) is 7.98. The first-order chi connectivity index (χ1) is 11.1. The van der Waals surface area contributed by atoms with Crippen molar-refractivity contribution in [3.05, 3.63) is 18.3 Å². The minimum Gasteiger partial charge on any atom is -0.385 e. The fourth-order valence-electron chi connectivity index (χ4n) is 2.61. The number of nitrogens with one attached hydrogen (secondary N) is 2. The predicted molar refractivity (Wildman–Crippen MR) is 90.0 cm³/mol. The molecular formula is C16H26N4O3. The third-order valence-corrected chi connectivity index (χ3v) is 3.56. The molecule has 0 unspecified atom stereocenters. The lowest BCUT2D eigenvalue weighted by molar-refractivity contribution is -0.00545. The van der Waals surface area contributed by atoms with Crippen molar-refractivity contribution in [1.29, 1.82) is 0 Å². The SMILES string of the molecule is COCCCNC(=O)Nc1ccc(N2C[C@H](C)O[C@@H](C)C2)nc1. The second kappa shape index (κ2) is 8.69. The molecule has 7 nitrogen and oxygen atoms in total. The summed E-state index contributed by atoms with van der Waals surface area (Å²) in [5.41, 5.74) is 0.673. The highest BCUT2D eigenvalue weighted by Gasteiger charge is 2.22. The van der Waals surface area contributed by atoms with Gasteiger partial charge in [-0.05, 0) is 32.4 Å². The topological polar surface area (TPSA) is 75.7 Å². The van der Waals surface area contributed by atoms with E-state index in [2.05, 4.69) is 34.4 Å². The Bertz CT molecular complexity index is 485. The number of amides is 2. The van der Waals surface area contributed by atoms with E-state index in [0.717, 1.165) is 25.3 Å². The standard InChI is InChI=1S/C16H26N4O3/c1-12-10-20(11-13(2)23-12)15-6-5-14(9-18-15)19-16(21)17-7-4-8-22-3/h5-6,9,12-13H,4,7-8,10-11H2,1-3H3,(H2,17,19,21)/t12-,13-/m0/s1. The molecule has 1 aliphatic rings. The number of morpholine rings is 1. The van der Waals surface area contributed by atoms with Crippen LogP contribution in [0.15, 0.2) is 18.3 Å². The van der Waals surface area contributed by atoms with Gasteiger partial charge in [0.2, 0.25) is 0 Å². The highest BCUT2D eigenvalue weighted by molar-refractivity contribution is 5.89. The van der Waals surface area contributed by atoms with Crippen molar-refractivity contribution in [1.82, 2.24) is 10.3 Å². The van der Waals surface area contributed by atoms with Crippen molar-refractivity contribution in [3.63, 3.8) is 0 Å². The molecule has 0 radical (unpaired) electrons. The van der Waals surface area contributed by atoms with Gasteiger partial charge in [-0.25, -0.2) is 9.78 Å². The van der Waals surface area contributed by atoms with Crippen LogP contribution in [0.4, 0.5) is 16.3 Å². The van der Waals surface area contributed by atoms with Gasteiger partial charge in [0.15, 0.2) is 0 Å². The monoisotopic (exact) mass is 322 g/mol. The van der Waals surface area contributed by atoms with Gasteiger partial charge in [-0.15, -0.1) is 0 Å². The van der Waals surface area contributed by atoms with Crippen LogP contribution in [0.25, 0.3) is 0 Å². The summed E-state index contributed by atoms with van der Waals surface area (Å²) in [6.07, 6.45) is 2.84. The maximum Gasteiger partial charge on any atom is 0.319 e. The molecule has 2 heterocycles. The van der Waals surface area contributed by atoms with Crippen LogP contribution >= 0.6 is 0 Å². The Labute approximate surface area is 137 Å². The molecule has 1 fully saturated rings. The molecule has 0 spiro atoms. The number of ether oxygens (including phenoxy) is 2. The fourth-order valence-corrected chi connectivity index (χ4v) is 2.61. The maximum atomic E-state index is 11.7. The zero-order valence-electron chi connectivity index (χ0n) is 14.0. The summed E-state index contributed by atoms with van der Waals surface area (Å²) in [7, 11) is 1.64. The molecule has 0 aliphatic carbocycles. The van der Waals surface area contributed by atoms with Crippen LogP contribution in [-0.4, -0.2) is 56.6 Å². The van der Waals surface area contributed by atoms with E-state index in [9.17, 15) is 4.79 Å². The molecule has 1 saturated heterocycles. The molecule has 0 aromatic carbocycles. The molecule has 7 heteroatoms. The molecule has 0 bridgehead atoms. The predicted octanol–water partition coefficient (Wildman–Crippen LogP) is 1.85. The van der Waals surface area contributed by atoms with E-state index < -0.39 is 0 Å². The van der Waals surface area contributed by atoms with Crippen LogP contribution in [0, 0.1) is 0 Å². The van der Waals surface area contributed by atoms with Gasteiger partial charge in [0.1, 0.15) is 5.82 Å². The van der Waals surface area contributed by atoms with Gasteiger partial charge in [-0.1, -0.05) is 0 Å². The average Bonchev–Trinajstić information content (AvgIpc) is 2.51. The van der Waals surface area contributed by atoms with E-state index >= 15 is 0 Å². The number of rotatable bonds is 6. The zero-order chi connectivity index (χ0) is 16.7. The molecule has 23 heavy (non-hydrogen) atoms. The lowest BCUT2D eigenvalue weighted by atomic mass is 10.2. The smallest absolute Gasteiger partial charge is 0.319 e. The lowest BCUT2D eigenvalue weighted by Gasteiger charge is -2.36. The Morgan fingerprint density at radius 1 is 1.39 bits per heavy atom. The van der Waals surface area contributed by atoms with Gasteiger partial charge in [-0.3, -0.25) is 0 Å². The Morgan fingerprint density at radius 2 is 2.13 bits per heavy atom. The molecule has 0 saturated carbocycles. The van der Waals surface area contributed by atoms with Crippen LogP contribution in [-0.2, 0) is 9.47 Å². The Morgan fingerprint density at radius 3 is 2.74 bits per heavy atom. The number of urea groups is 1. The van der Waals surface area contributed by atoms with Crippen molar-refractivity contribution < 1.29 is 14.3 Å². The molecule has 1 aromatic rings. The number of methoxy groups -OCH3 is 1. The van der Waals surface area contributed by atoms with Crippen LogP contribution in [0.5, 0.6) is 0 Å². The summed E-state index contributed by atoms with van der Waals surface area (Å²) in [6.45, 7) is 6.98. The Balaban J connectivity index is 1.83. The number of nitrogens with zero attached hydrogens (tertiary/aromatic N) is 2. The van der Waals surface area contributed by atoms with Gasteiger partial charge in [0.05, 0.1) is 24.1 Å². The summed E-state index contributed by atoms with van der Waals surface area (Å²) < 4.78 is 10.7. The van der Waals surface area contributed by atoms with Crippen LogP contribution in [0.3, 0.4) is 0 Å². The van der Waals surface area contributed by atoms with Gasteiger partial charge >= 0.3 is 6.03 Å². The van der Waals surface area contributed by atoms with Crippen molar-refractivity contribution in [2.75, 3.05) is 43.6 Å². The first kappa shape index (κ1) is 17.5. The summed E-state index contributed by atoms with van der Waals surface area (Å²) >= 11 is 0. The third kappa shape index (κ3) is 5.69. The van der Waals surface area contributed by atoms with Crippen LogP contribution in [0.1, 0.15) is 20.3 Å². The Hall–Kier alpha value is -1.86. The van der Waals surface area contributed by atoms with E-state index in [1.807, 2.05) is 12.1 Å². The number of hydrogen-bond acceptors (Lipinski definition) is 5. The quantitative estimate of drug-likeness (QED) is 0.782. The van der Waals surface area contributed by atoms with Gasteiger partial charge in [0, 0.05) is 33.4 Å². The largest absolute Gasteiger partial charge is 0.385 e. The van der Waals surface area contributed by atoms with Crippen molar-refractivity contribution in [3.8, 4) is 0 Å². The molecular weight excluding hydrogens is 296 g/mol. The summed E-state index contributed by atoms with van der Waals surface area (Å²) in [5, 5.41) is 5.54. The number of anilines is 2. The summed E-state index contributed by atoms with van der Waals surface area (Å²) in [4.78, 5) is 18.4. The van der Waals surface area contributed by atoms with E-state index in [1.54, 1.807) is 13.3 Å². The lowest BCUT2D eigenvalue weighted by Crippen LogP contribution is -2.45.